The van der Waals surface area contributed by atoms with Gasteiger partial charge in [-0.3, -0.25) is 9.80 Å². The number of likely N-dealkylation sites (N-methyl/N-ethyl adjacent to an activating group) is 1. The Bertz CT molecular complexity index is 575. The number of aliphatic hydroxyl groups excluding tert-OH is 2. The SMILES string of the molecule is CCOc1ccc(CN2CC[C@@H](N3CCN(C)CC3)[C@H](O)C2)cc1CO. The second kappa shape index (κ2) is 9.15. The van der Waals surface area contributed by atoms with Gasteiger partial charge in [0.05, 0.1) is 19.3 Å². The van der Waals surface area contributed by atoms with E-state index in [1.807, 2.05) is 19.1 Å². The lowest BCUT2D eigenvalue weighted by molar-refractivity contribution is -0.0286. The van der Waals surface area contributed by atoms with E-state index in [-0.39, 0.29) is 18.8 Å². The zero-order chi connectivity index (χ0) is 18.5. The van der Waals surface area contributed by atoms with E-state index in [2.05, 4.69) is 27.8 Å². The van der Waals surface area contributed by atoms with E-state index in [0.29, 0.717) is 13.2 Å². The van der Waals surface area contributed by atoms with Crippen molar-refractivity contribution < 1.29 is 14.9 Å². The standard InChI is InChI=1S/C20H33N3O3/c1-3-26-20-5-4-16(12-17(20)15-24)13-22-7-6-18(19(25)14-22)23-10-8-21(2)9-11-23/h4-5,12,18-19,24-25H,3,6-11,13-15H2,1-2H3/t18-,19-/m1/s1. The number of aliphatic hydroxyl groups is 2. The summed E-state index contributed by atoms with van der Waals surface area (Å²) >= 11 is 0. The summed E-state index contributed by atoms with van der Waals surface area (Å²) in [6.07, 6.45) is 0.710. The third-order valence-corrected chi connectivity index (χ3v) is 5.64. The summed E-state index contributed by atoms with van der Waals surface area (Å²) in [7, 11) is 2.16. The summed E-state index contributed by atoms with van der Waals surface area (Å²) in [5.74, 6) is 0.757. The van der Waals surface area contributed by atoms with Crippen molar-refractivity contribution in [3.63, 3.8) is 0 Å². The molecule has 2 heterocycles. The van der Waals surface area contributed by atoms with Crippen molar-refractivity contribution in [3.05, 3.63) is 29.3 Å². The molecule has 146 valence electrons. The maximum Gasteiger partial charge on any atom is 0.124 e. The predicted octanol–water partition coefficient (Wildman–Crippen LogP) is 0.760. The van der Waals surface area contributed by atoms with Crippen molar-refractivity contribution in [3.8, 4) is 5.75 Å². The molecule has 2 fully saturated rings. The lowest BCUT2D eigenvalue weighted by atomic mass is 9.98. The fourth-order valence-corrected chi connectivity index (χ4v) is 4.12. The summed E-state index contributed by atoms with van der Waals surface area (Å²) in [5.41, 5.74) is 1.99. The zero-order valence-corrected chi connectivity index (χ0v) is 16.1. The second-order valence-electron chi connectivity index (χ2n) is 7.53. The highest BCUT2D eigenvalue weighted by atomic mass is 16.5. The largest absolute Gasteiger partial charge is 0.494 e. The van der Waals surface area contributed by atoms with E-state index in [9.17, 15) is 10.2 Å². The number of likely N-dealkylation sites (tertiary alicyclic amines) is 1. The molecule has 26 heavy (non-hydrogen) atoms. The van der Waals surface area contributed by atoms with Gasteiger partial charge in [-0.15, -0.1) is 0 Å². The van der Waals surface area contributed by atoms with Crippen LogP contribution < -0.4 is 4.74 Å². The van der Waals surface area contributed by atoms with Gasteiger partial charge in [0.1, 0.15) is 5.75 Å². The molecule has 1 aromatic carbocycles. The average Bonchev–Trinajstić information content (AvgIpc) is 2.64. The maximum absolute atomic E-state index is 10.7. The Balaban J connectivity index is 1.56. The number of hydrogen-bond donors (Lipinski definition) is 2. The Labute approximate surface area is 157 Å². The number of piperazine rings is 1. The summed E-state index contributed by atoms with van der Waals surface area (Å²) in [6, 6.07) is 6.30. The Morgan fingerprint density at radius 1 is 1.15 bits per heavy atom. The van der Waals surface area contributed by atoms with Gasteiger partial charge in [0.25, 0.3) is 0 Å². The zero-order valence-electron chi connectivity index (χ0n) is 16.1. The molecule has 0 aliphatic carbocycles. The second-order valence-corrected chi connectivity index (χ2v) is 7.53. The first-order valence-corrected chi connectivity index (χ1v) is 9.79. The molecule has 6 heteroatoms. The molecule has 0 saturated carbocycles. The molecule has 0 amide bonds. The van der Waals surface area contributed by atoms with Crippen molar-refractivity contribution in [2.45, 2.75) is 38.6 Å². The molecular weight excluding hydrogens is 330 g/mol. The number of hydrogen-bond acceptors (Lipinski definition) is 6. The van der Waals surface area contributed by atoms with Crippen molar-refractivity contribution in [2.75, 3.05) is 52.9 Å². The van der Waals surface area contributed by atoms with Crippen LogP contribution in [0.25, 0.3) is 0 Å². The molecule has 2 atom stereocenters. The highest BCUT2D eigenvalue weighted by Crippen LogP contribution is 2.24. The van der Waals surface area contributed by atoms with E-state index in [1.165, 1.54) is 0 Å². The minimum Gasteiger partial charge on any atom is -0.494 e. The Morgan fingerprint density at radius 2 is 1.92 bits per heavy atom. The highest BCUT2D eigenvalue weighted by molar-refractivity contribution is 5.37. The van der Waals surface area contributed by atoms with Crippen LogP contribution in [0.1, 0.15) is 24.5 Å². The van der Waals surface area contributed by atoms with Gasteiger partial charge < -0.3 is 19.8 Å². The quantitative estimate of drug-likeness (QED) is 0.778. The van der Waals surface area contributed by atoms with Crippen LogP contribution in [-0.4, -0.2) is 90.0 Å². The van der Waals surface area contributed by atoms with Gasteiger partial charge in [0.2, 0.25) is 0 Å². The molecule has 2 saturated heterocycles. The lowest BCUT2D eigenvalue weighted by Gasteiger charge is -2.44. The molecule has 0 aromatic heterocycles. The third kappa shape index (κ3) is 4.75. The fourth-order valence-electron chi connectivity index (χ4n) is 4.12. The normalized spacial score (nSPS) is 26.2. The van der Waals surface area contributed by atoms with E-state index in [0.717, 1.165) is 62.6 Å². The van der Waals surface area contributed by atoms with Gasteiger partial charge >= 0.3 is 0 Å². The number of nitrogens with zero attached hydrogens (tertiary/aromatic N) is 3. The first kappa shape index (κ1) is 19.6. The molecule has 2 aliphatic rings. The van der Waals surface area contributed by atoms with Gasteiger partial charge in [-0.2, -0.15) is 0 Å². The van der Waals surface area contributed by atoms with Crippen LogP contribution in [0.4, 0.5) is 0 Å². The lowest BCUT2D eigenvalue weighted by Crippen LogP contribution is -2.58. The monoisotopic (exact) mass is 363 g/mol. The number of benzene rings is 1. The van der Waals surface area contributed by atoms with Gasteiger partial charge in [0.15, 0.2) is 0 Å². The van der Waals surface area contributed by atoms with Crippen molar-refractivity contribution >= 4 is 0 Å². The molecule has 2 aliphatic heterocycles. The van der Waals surface area contributed by atoms with Gasteiger partial charge in [-0.25, -0.2) is 0 Å². The number of piperidine rings is 1. The molecule has 0 radical (unpaired) electrons. The average molecular weight is 364 g/mol. The first-order valence-electron chi connectivity index (χ1n) is 9.79. The number of ether oxygens (including phenoxy) is 1. The van der Waals surface area contributed by atoms with Crippen molar-refractivity contribution in [1.29, 1.82) is 0 Å². The van der Waals surface area contributed by atoms with Crippen LogP contribution in [0.5, 0.6) is 5.75 Å². The minimum atomic E-state index is -0.299. The Morgan fingerprint density at radius 3 is 2.58 bits per heavy atom. The summed E-state index contributed by atoms with van der Waals surface area (Å²) < 4.78 is 5.56. The van der Waals surface area contributed by atoms with Crippen LogP contribution in [0.3, 0.4) is 0 Å². The van der Waals surface area contributed by atoms with Gasteiger partial charge in [-0.05, 0) is 38.1 Å². The fraction of sp³-hybridized carbons (Fsp3) is 0.700. The van der Waals surface area contributed by atoms with Gasteiger partial charge in [-0.1, -0.05) is 6.07 Å². The number of rotatable bonds is 6. The maximum atomic E-state index is 10.7. The molecular formula is C20H33N3O3. The number of β-amino-alcohol motifs (C(OH)–C–C–N with tert-alkyl or cyclic N) is 1. The van der Waals surface area contributed by atoms with Crippen LogP contribution in [0.2, 0.25) is 0 Å². The molecule has 0 spiro atoms. The van der Waals surface area contributed by atoms with Crippen LogP contribution >= 0.6 is 0 Å². The van der Waals surface area contributed by atoms with Crippen molar-refractivity contribution in [2.24, 2.45) is 0 Å². The summed E-state index contributed by atoms with van der Waals surface area (Å²) in [4.78, 5) is 7.12. The van der Waals surface area contributed by atoms with E-state index >= 15 is 0 Å². The Kier molecular flexibility index (Phi) is 6.89. The van der Waals surface area contributed by atoms with E-state index in [1.54, 1.807) is 0 Å². The smallest absolute Gasteiger partial charge is 0.124 e. The van der Waals surface area contributed by atoms with Crippen LogP contribution in [0, 0.1) is 0 Å². The Hall–Kier alpha value is -1.18. The van der Waals surface area contributed by atoms with Crippen LogP contribution in [0.15, 0.2) is 18.2 Å². The highest BCUT2D eigenvalue weighted by Gasteiger charge is 2.33. The summed E-state index contributed by atoms with van der Waals surface area (Å²) in [6.45, 7) is 9.30. The predicted molar refractivity (Wildman–Crippen MR) is 102 cm³/mol. The molecule has 1 aromatic rings. The molecule has 3 rings (SSSR count). The first-order chi connectivity index (χ1) is 12.6. The molecule has 6 nitrogen and oxygen atoms in total. The molecule has 2 N–H and O–H groups in total. The summed E-state index contributed by atoms with van der Waals surface area (Å²) in [5, 5.41) is 20.3. The van der Waals surface area contributed by atoms with Crippen molar-refractivity contribution in [1.82, 2.24) is 14.7 Å². The van der Waals surface area contributed by atoms with Crippen LogP contribution in [-0.2, 0) is 13.2 Å². The van der Waals surface area contributed by atoms with E-state index in [4.69, 9.17) is 4.74 Å². The van der Waals surface area contributed by atoms with E-state index < -0.39 is 0 Å². The molecule has 0 unspecified atom stereocenters. The molecule has 0 bridgehead atoms. The van der Waals surface area contributed by atoms with Gasteiger partial charge in [0, 0.05) is 57.4 Å². The minimum absolute atomic E-state index is 0.0166. The topological polar surface area (TPSA) is 59.4 Å². The third-order valence-electron chi connectivity index (χ3n) is 5.64.